The Bertz CT molecular complexity index is 428. The number of carbonyl (C=O) groups is 2. The number of nitrogens with one attached hydrogen (secondary N) is 3. The largest absolute Gasteiger partial charge is 0.354 e. The molecule has 1 unspecified atom stereocenters. The van der Waals surface area contributed by atoms with Gasteiger partial charge in [0.25, 0.3) is 5.91 Å². The first-order valence-electron chi connectivity index (χ1n) is 5.64. The summed E-state index contributed by atoms with van der Waals surface area (Å²) in [4.78, 5) is 27.3. The van der Waals surface area contributed by atoms with Crippen LogP contribution in [0.25, 0.3) is 0 Å². The van der Waals surface area contributed by atoms with Crippen LogP contribution in [0.1, 0.15) is 35.7 Å². The van der Waals surface area contributed by atoms with Crippen LogP contribution in [0.4, 0.5) is 0 Å². The summed E-state index contributed by atoms with van der Waals surface area (Å²) in [5.74, 6) is 0.0829. The Morgan fingerprint density at radius 2 is 2.29 bits per heavy atom. The summed E-state index contributed by atoms with van der Waals surface area (Å²) < 4.78 is 0. The second kappa shape index (κ2) is 4.94. The van der Waals surface area contributed by atoms with E-state index in [-0.39, 0.29) is 11.7 Å². The lowest BCUT2D eigenvalue weighted by Crippen LogP contribution is -2.45. The molecule has 1 aliphatic heterocycles. The van der Waals surface area contributed by atoms with Gasteiger partial charge in [-0.05, 0) is 26.2 Å². The van der Waals surface area contributed by atoms with Crippen molar-refractivity contribution < 1.29 is 9.59 Å². The van der Waals surface area contributed by atoms with Gasteiger partial charge in [-0.2, -0.15) is 0 Å². The number of rotatable bonds is 2. The first-order valence-corrected chi connectivity index (χ1v) is 5.64. The van der Waals surface area contributed by atoms with Crippen molar-refractivity contribution >= 4 is 11.8 Å². The molecule has 0 spiro atoms. The van der Waals surface area contributed by atoms with E-state index >= 15 is 0 Å². The van der Waals surface area contributed by atoms with E-state index in [0.717, 1.165) is 12.8 Å². The van der Waals surface area contributed by atoms with Gasteiger partial charge in [-0.3, -0.25) is 14.7 Å². The highest BCUT2D eigenvalue weighted by atomic mass is 16.2. The Balaban J connectivity index is 1.99. The van der Waals surface area contributed by atoms with Crippen molar-refractivity contribution in [3.05, 3.63) is 11.6 Å². The number of aromatic amines is 1. The number of aromatic nitrogens is 3. The van der Waals surface area contributed by atoms with E-state index in [1.54, 1.807) is 6.92 Å². The molecule has 2 rings (SSSR count). The van der Waals surface area contributed by atoms with Crippen molar-refractivity contribution in [2.45, 2.75) is 32.2 Å². The highest BCUT2D eigenvalue weighted by molar-refractivity contribution is 5.94. The predicted molar refractivity (Wildman–Crippen MR) is 59.2 cm³/mol. The maximum atomic E-state index is 11.7. The van der Waals surface area contributed by atoms with Crippen LogP contribution in [0.3, 0.4) is 0 Å². The summed E-state index contributed by atoms with van der Waals surface area (Å²) in [6.45, 7) is 2.38. The third kappa shape index (κ3) is 2.80. The highest BCUT2D eigenvalue weighted by Crippen LogP contribution is 2.05. The molecule has 0 aromatic carbocycles. The Hall–Kier alpha value is -1.92. The summed E-state index contributed by atoms with van der Waals surface area (Å²) in [5.41, 5.74) is 0. The molecule has 7 heteroatoms. The van der Waals surface area contributed by atoms with Crippen LogP contribution in [0.5, 0.6) is 0 Å². The molecule has 0 aliphatic carbocycles. The second-order valence-electron chi connectivity index (χ2n) is 4.06. The number of nitrogens with zero attached hydrogens (tertiary/aromatic N) is 2. The normalized spacial score (nSPS) is 20.5. The van der Waals surface area contributed by atoms with E-state index in [0.29, 0.717) is 18.8 Å². The molecule has 2 heterocycles. The van der Waals surface area contributed by atoms with E-state index in [1.165, 1.54) is 0 Å². The van der Waals surface area contributed by atoms with E-state index in [2.05, 4.69) is 25.8 Å². The third-order valence-corrected chi connectivity index (χ3v) is 2.64. The molecule has 17 heavy (non-hydrogen) atoms. The maximum Gasteiger partial charge on any atom is 0.291 e. The molecule has 0 saturated carbocycles. The zero-order valence-corrected chi connectivity index (χ0v) is 9.62. The summed E-state index contributed by atoms with van der Waals surface area (Å²) in [6, 6.07) is -0.483. The molecule has 1 aromatic heterocycles. The van der Waals surface area contributed by atoms with Crippen LogP contribution in [-0.4, -0.2) is 39.6 Å². The zero-order valence-electron chi connectivity index (χ0n) is 9.62. The number of aryl methyl sites for hydroxylation is 1. The van der Waals surface area contributed by atoms with Crippen LogP contribution >= 0.6 is 0 Å². The SMILES string of the molecule is Cc1nc(C(=O)NC2CCCCNC2=O)n[nH]1. The molecule has 2 amide bonds. The Labute approximate surface area is 98.4 Å². The molecule has 0 radical (unpaired) electrons. The summed E-state index contributed by atoms with van der Waals surface area (Å²) >= 11 is 0. The Morgan fingerprint density at radius 1 is 1.47 bits per heavy atom. The van der Waals surface area contributed by atoms with Crippen LogP contribution in [0.2, 0.25) is 0 Å². The second-order valence-corrected chi connectivity index (χ2v) is 4.06. The van der Waals surface area contributed by atoms with Gasteiger partial charge in [0.1, 0.15) is 11.9 Å². The van der Waals surface area contributed by atoms with Crippen LogP contribution in [-0.2, 0) is 4.79 Å². The lowest BCUT2D eigenvalue weighted by atomic mass is 10.1. The van der Waals surface area contributed by atoms with Gasteiger partial charge in [-0.15, -0.1) is 5.10 Å². The van der Waals surface area contributed by atoms with Crippen molar-refractivity contribution in [3.8, 4) is 0 Å². The molecule has 3 N–H and O–H groups in total. The van der Waals surface area contributed by atoms with Gasteiger partial charge in [0.15, 0.2) is 0 Å². The molecular formula is C10H15N5O2. The predicted octanol–water partition coefficient (Wildman–Crippen LogP) is -0.488. The van der Waals surface area contributed by atoms with Crippen LogP contribution in [0.15, 0.2) is 0 Å². The number of hydrogen-bond donors (Lipinski definition) is 3. The van der Waals surface area contributed by atoms with E-state index in [4.69, 9.17) is 0 Å². The fourth-order valence-electron chi connectivity index (χ4n) is 1.74. The van der Waals surface area contributed by atoms with Crippen molar-refractivity contribution in [2.24, 2.45) is 0 Å². The molecule has 1 aromatic rings. The number of amides is 2. The minimum atomic E-state index is -0.483. The number of H-pyrrole nitrogens is 1. The first kappa shape index (κ1) is 11.6. The topological polar surface area (TPSA) is 99.8 Å². The maximum absolute atomic E-state index is 11.7. The van der Waals surface area contributed by atoms with Gasteiger partial charge >= 0.3 is 0 Å². The monoisotopic (exact) mass is 237 g/mol. The lowest BCUT2D eigenvalue weighted by molar-refractivity contribution is -0.122. The lowest BCUT2D eigenvalue weighted by Gasteiger charge is -2.13. The van der Waals surface area contributed by atoms with Gasteiger partial charge in [-0.1, -0.05) is 0 Å². The summed E-state index contributed by atoms with van der Waals surface area (Å²) in [6.07, 6.45) is 2.51. The van der Waals surface area contributed by atoms with E-state index < -0.39 is 11.9 Å². The van der Waals surface area contributed by atoms with Crippen LogP contribution < -0.4 is 10.6 Å². The van der Waals surface area contributed by atoms with Crippen molar-refractivity contribution in [1.82, 2.24) is 25.8 Å². The standard InChI is InChI=1S/C10H15N5O2/c1-6-12-8(15-14-6)10(17)13-7-4-2-3-5-11-9(7)16/h7H,2-5H2,1H3,(H,11,16)(H,13,17)(H,12,14,15). The van der Waals surface area contributed by atoms with Gasteiger partial charge in [0.05, 0.1) is 0 Å². The summed E-state index contributed by atoms with van der Waals surface area (Å²) in [7, 11) is 0. The molecule has 1 atom stereocenters. The molecule has 7 nitrogen and oxygen atoms in total. The van der Waals surface area contributed by atoms with E-state index in [9.17, 15) is 9.59 Å². The minimum absolute atomic E-state index is 0.0690. The first-order chi connectivity index (χ1) is 8.16. The Kier molecular flexibility index (Phi) is 3.36. The van der Waals surface area contributed by atoms with Gasteiger partial charge < -0.3 is 10.6 Å². The Morgan fingerprint density at radius 3 is 3.00 bits per heavy atom. The smallest absolute Gasteiger partial charge is 0.291 e. The fourth-order valence-corrected chi connectivity index (χ4v) is 1.74. The van der Waals surface area contributed by atoms with Gasteiger partial charge in [0.2, 0.25) is 11.7 Å². The fraction of sp³-hybridized carbons (Fsp3) is 0.600. The van der Waals surface area contributed by atoms with E-state index in [1.807, 2.05) is 0 Å². The average Bonchev–Trinajstić information content (AvgIpc) is 2.63. The molecule has 1 saturated heterocycles. The number of carbonyl (C=O) groups excluding carboxylic acids is 2. The highest BCUT2D eigenvalue weighted by Gasteiger charge is 2.24. The summed E-state index contributed by atoms with van der Waals surface area (Å²) in [5, 5.41) is 11.7. The molecule has 1 aliphatic rings. The average molecular weight is 237 g/mol. The minimum Gasteiger partial charge on any atom is -0.354 e. The van der Waals surface area contributed by atoms with Gasteiger partial charge in [0, 0.05) is 6.54 Å². The van der Waals surface area contributed by atoms with Gasteiger partial charge in [-0.25, -0.2) is 4.98 Å². The van der Waals surface area contributed by atoms with Crippen LogP contribution in [0, 0.1) is 6.92 Å². The third-order valence-electron chi connectivity index (χ3n) is 2.64. The van der Waals surface area contributed by atoms with Crippen molar-refractivity contribution in [2.75, 3.05) is 6.54 Å². The molecular weight excluding hydrogens is 222 g/mol. The number of hydrogen-bond acceptors (Lipinski definition) is 4. The van der Waals surface area contributed by atoms with Crippen molar-refractivity contribution in [1.29, 1.82) is 0 Å². The molecule has 0 bridgehead atoms. The molecule has 92 valence electrons. The molecule has 1 fully saturated rings. The zero-order chi connectivity index (χ0) is 12.3. The quantitative estimate of drug-likeness (QED) is 0.646. The van der Waals surface area contributed by atoms with Crippen molar-refractivity contribution in [3.63, 3.8) is 0 Å².